The molecule has 1 unspecified atom stereocenters. The van der Waals surface area contributed by atoms with E-state index in [1.54, 1.807) is 0 Å². The van der Waals surface area contributed by atoms with Crippen LogP contribution in [0.15, 0.2) is 0 Å². The zero-order chi connectivity index (χ0) is 14.4. The molecule has 114 valence electrons. The lowest BCUT2D eigenvalue weighted by Gasteiger charge is -2.34. The predicted octanol–water partition coefficient (Wildman–Crippen LogP) is 1.69. The van der Waals surface area contributed by atoms with Crippen LogP contribution in [-0.2, 0) is 14.8 Å². The molecule has 3 rings (SSSR count). The van der Waals surface area contributed by atoms with Crippen LogP contribution in [0.1, 0.15) is 44.9 Å². The normalized spacial score (nSPS) is 38.2. The van der Waals surface area contributed by atoms with E-state index in [9.17, 15) is 13.2 Å². The molecule has 0 aromatic rings. The van der Waals surface area contributed by atoms with Crippen molar-refractivity contribution >= 4 is 16.0 Å². The molecule has 5 nitrogen and oxygen atoms in total. The number of rotatable bonds is 4. The molecule has 0 aromatic carbocycles. The lowest BCUT2D eigenvalue weighted by Crippen LogP contribution is -2.45. The molecule has 1 saturated heterocycles. The fraction of sp³-hybridized carbons (Fsp3) is 0.929. The van der Waals surface area contributed by atoms with Crippen LogP contribution in [0.25, 0.3) is 0 Å². The number of hydrogen-bond donors (Lipinski definition) is 1. The Morgan fingerprint density at radius 3 is 2.50 bits per heavy atom. The van der Waals surface area contributed by atoms with Crippen LogP contribution in [0, 0.1) is 17.3 Å². The Balaban J connectivity index is 1.70. The maximum absolute atomic E-state index is 12.6. The molecule has 0 amide bonds. The summed E-state index contributed by atoms with van der Waals surface area (Å²) < 4.78 is 26.7. The van der Waals surface area contributed by atoms with Crippen molar-refractivity contribution in [1.29, 1.82) is 0 Å². The van der Waals surface area contributed by atoms with Gasteiger partial charge in [-0.05, 0) is 56.3 Å². The first kappa shape index (κ1) is 14.3. The molecule has 1 heterocycles. The van der Waals surface area contributed by atoms with Gasteiger partial charge in [0.15, 0.2) is 0 Å². The Kier molecular flexibility index (Phi) is 3.57. The van der Waals surface area contributed by atoms with E-state index in [1.807, 2.05) is 0 Å². The minimum Gasteiger partial charge on any atom is -0.481 e. The average Bonchev–Trinajstić information content (AvgIpc) is 2.98. The molecular weight excluding hydrogens is 278 g/mol. The van der Waals surface area contributed by atoms with Crippen molar-refractivity contribution < 1.29 is 18.3 Å². The Morgan fingerprint density at radius 2 is 1.95 bits per heavy atom. The van der Waals surface area contributed by atoms with Crippen LogP contribution in [0.4, 0.5) is 0 Å². The lowest BCUT2D eigenvalue weighted by atomic mass is 9.87. The van der Waals surface area contributed by atoms with Gasteiger partial charge in [0.1, 0.15) is 0 Å². The largest absolute Gasteiger partial charge is 0.481 e. The van der Waals surface area contributed by atoms with E-state index < -0.39 is 21.9 Å². The zero-order valence-electron chi connectivity index (χ0n) is 11.8. The first-order chi connectivity index (χ1) is 9.40. The smallest absolute Gasteiger partial charge is 0.307 e. The summed E-state index contributed by atoms with van der Waals surface area (Å²) in [7, 11) is -3.31. The first-order valence-corrected chi connectivity index (χ1v) is 9.22. The summed E-state index contributed by atoms with van der Waals surface area (Å²) in [6.45, 7) is 0.656. The molecule has 3 fully saturated rings. The molecule has 1 aliphatic heterocycles. The SMILES string of the molecule is O=C(O)C1CCCN(S(=O)(=O)CC23CCC(CC2)C3)C1. The summed E-state index contributed by atoms with van der Waals surface area (Å²) in [5, 5.41) is 9.09. The van der Waals surface area contributed by atoms with E-state index >= 15 is 0 Å². The lowest BCUT2D eigenvalue weighted by molar-refractivity contribution is -0.142. The van der Waals surface area contributed by atoms with Crippen LogP contribution >= 0.6 is 0 Å². The van der Waals surface area contributed by atoms with Crippen molar-refractivity contribution in [3.05, 3.63) is 0 Å². The molecular formula is C14H23NO4S. The zero-order valence-corrected chi connectivity index (χ0v) is 12.6. The number of piperidine rings is 1. The minimum atomic E-state index is -3.31. The molecule has 2 saturated carbocycles. The number of carboxylic acids is 1. The fourth-order valence-corrected chi connectivity index (χ4v) is 6.57. The summed E-state index contributed by atoms with van der Waals surface area (Å²) in [6, 6.07) is 0. The third kappa shape index (κ3) is 2.60. The molecule has 0 radical (unpaired) electrons. The summed E-state index contributed by atoms with van der Waals surface area (Å²) in [5.41, 5.74) is -0.000330. The van der Waals surface area contributed by atoms with Crippen molar-refractivity contribution in [2.75, 3.05) is 18.8 Å². The van der Waals surface area contributed by atoms with Crippen LogP contribution < -0.4 is 0 Å². The minimum absolute atomic E-state index is 0.000330. The molecule has 0 spiro atoms. The monoisotopic (exact) mass is 301 g/mol. The molecule has 2 aliphatic carbocycles. The number of aliphatic carboxylic acids is 1. The predicted molar refractivity (Wildman–Crippen MR) is 74.7 cm³/mol. The number of sulfonamides is 1. The van der Waals surface area contributed by atoms with Gasteiger partial charge in [-0.25, -0.2) is 12.7 Å². The van der Waals surface area contributed by atoms with E-state index in [4.69, 9.17) is 5.11 Å². The topological polar surface area (TPSA) is 74.7 Å². The van der Waals surface area contributed by atoms with Gasteiger partial charge >= 0.3 is 5.97 Å². The van der Waals surface area contributed by atoms with Crippen molar-refractivity contribution in [2.24, 2.45) is 17.3 Å². The van der Waals surface area contributed by atoms with Crippen molar-refractivity contribution in [1.82, 2.24) is 4.31 Å². The number of hydrogen-bond acceptors (Lipinski definition) is 3. The number of nitrogens with zero attached hydrogens (tertiary/aromatic N) is 1. The van der Waals surface area contributed by atoms with Gasteiger partial charge in [-0.15, -0.1) is 0 Å². The summed E-state index contributed by atoms with van der Waals surface area (Å²) in [4.78, 5) is 11.1. The van der Waals surface area contributed by atoms with Crippen molar-refractivity contribution in [2.45, 2.75) is 44.9 Å². The highest BCUT2D eigenvalue weighted by Gasteiger charge is 2.48. The van der Waals surface area contributed by atoms with Crippen molar-refractivity contribution in [3.8, 4) is 0 Å². The third-order valence-corrected chi connectivity index (χ3v) is 7.60. The van der Waals surface area contributed by atoms with Gasteiger partial charge in [-0.3, -0.25) is 4.79 Å². The Bertz CT molecular complexity index is 493. The maximum atomic E-state index is 12.6. The Labute approximate surface area is 120 Å². The first-order valence-electron chi connectivity index (χ1n) is 7.61. The highest BCUT2D eigenvalue weighted by Crippen LogP contribution is 2.54. The molecule has 1 N–H and O–H groups in total. The highest BCUT2D eigenvalue weighted by atomic mass is 32.2. The standard InChI is InChI=1S/C14H23NO4S/c16-13(17)12-2-1-7-15(9-12)20(18,19)10-14-5-3-11(8-14)4-6-14/h11-12H,1-10H2,(H,16,17). The second kappa shape index (κ2) is 4.98. The molecule has 20 heavy (non-hydrogen) atoms. The average molecular weight is 301 g/mol. The second-order valence-electron chi connectivity index (χ2n) is 6.94. The van der Waals surface area contributed by atoms with E-state index in [2.05, 4.69) is 0 Å². The van der Waals surface area contributed by atoms with Crippen molar-refractivity contribution in [3.63, 3.8) is 0 Å². The summed E-state index contributed by atoms with van der Waals surface area (Å²) in [5.74, 6) is -0.429. The summed E-state index contributed by atoms with van der Waals surface area (Å²) in [6.07, 6.45) is 6.73. The fourth-order valence-electron chi connectivity index (χ4n) is 4.39. The van der Waals surface area contributed by atoms with Gasteiger partial charge in [0.25, 0.3) is 0 Å². The number of fused-ring (bicyclic) bond motifs is 2. The highest BCUT2D eigenvalue weighted by molar-refractivity contribution is 7.89. The number of carboxylic acid groups (broad SMARTS) is 1. The van der Waals surface area contributed by atoms with Gasteiger partial charge in [0.05, 0.1) is 11.7 Å². The van der Waals surface area contributed by atoms with Crippen LogP contribution in [-0.4, -0.2) is 42.6 Å². The molecule has 6 heteroatoms. The quantitative estimate of drug-likeness (QED) is 0.857. The molecule has 2 bridgehead atoms. The van der Waals surface area contributed by atoms with Gasteiger partial charge in [0, 0.05) is 13.1 Å². The maximum Gasteiger partial charge on any atom is 0.307 e. The second-order valence-corrected chi connectivity index (χ2v) is 8.91. The van der Waals surface area contributed by atoms with E-state index in [0.29, 0.717) is 19.4 Å². The molecule has 0 aromatic heterocycles. The van der Waals surface area contributed by atoms with E-state index in [-0.39, 0.29) is 17.7 Å². The summed E-state index contributed by atoms with van der Waals surface area (Å²) >= 11 is 0. The molecule has 3 aliphatic rings. The third-order valence-electron chi connectivity index (χ3n) is 5.50. The van der Waals surface area contributed by atoms with Gasteiger partial charge in [-0.1, -0.05) is 0 Å². The Morgan fingerprint density at radius 1 is 1.25 bits per heavy atom. The van der Waals surface area contributed by atoms with Crippen LogP contribution in [0.2, 0.25) is 0 Å². The molecule has 1 atom stereocenters. The van der Waals surface area contributed by atoms with Gasteiger partial charge in [-0.2, -0.15) is 0 Å². The van der Waals surface area contributed by atoms with Crippen LogP contribution in [0.3, 0.4) is 0 Å². The van der Waals surface area contributed by atoms with Crippen LogP contribution in [0.5, 0.6) is 0 Å². The Hall–Kier alpha value is -0.620. The van der Waals surface area contributed by atoms with E-state index in [0.717, 1.165) is 25.2 Å². The number of carbonyl (C=O) groups is 1. The van der Waals surface area contributed by atoms with Gasteiger partial charge < -0.3 is 5.11 Å². The van der Waals surface area contributed by atoms with E-state index in [1.165, 1.54) is 17.1 Å². The van der Waals surface area contributed by atoms with Gasteiger partial charge in [0.2, 0.25) is 10.0 Å².